The van der Waals surface area contributed by atoms with Gasteiger partial charge in [0.1, 0.15) is 11.6 Å². The van der Waals surface area contributed by atoms with E-state index in [-0.39, 0.29) is 12.1 Å². The zero-order valence-corrected chi connectivity index (χ0v) is 8.14. The highest BCUT2D eigenvalue weighted by atomic mass is 19.1. The maximum Gasteiger partial charge on any atom is 0.132 e. The van der Waals surface area contributed by atoms with Crippen molar-refractivity contribution >= 4 is 0 Å². The summed E-state index contributed by atoms with van der Waals surface area (Å²) in [5.74, 6) is -1.41. The lowest BCUT2D eigenvalue weighted by atomic mass is 10.1. The number of likely N-dealkylation sites (N-methyl/N-ethyl adjacent to an activating group) is 1. The highest BCUT2D eigenvalue weighted by Crippen LogP contribution is 2.21. The molecule has 0 radical (unpaired) electrons. The summed E-state index contributed by atoms with van der Waals surface area (Å²) in [6.45, 7) is 1.72. The molecule has 0 aliphatic carbocycles. The van der Waals surface area contributed by atoms with Gasteiger partial charge in [-0.1, -0.05) is 0 Å². The number of hydrogen-bond acceptors (Lipinski definition) is 2. The number of aliphatic hydroxyl groups is 1. The Morgan fingerprint density at radius 2 is 1.86 bits per heavy atom. The third-order valence-electron chi connectivity index (χ3n) is 1.95. The first kappa shape index (κ1) is 11.1. The first-order valence-corrected chi connectivity index (χ1v) is 4.34. The van der Waals surface area contributed by atoms with E-state index in [1.807, 2.05) is 0 Å². The molecule has 0 spiro atoms. The van der Waals surface area contributed by atoms with Gasteiger partial charge in [-0.2, -0.15) is 0 Å². The van der Waals surface area contributed by atoms with E-state index in [0.29, 0.717) is 5.56 Å². The molecule has 0 heterocycles. The fourth-order valence-corrected chi connectivity index (χ4v) is 1.32. The lowest BCUT2D eigenvalue weighted by Crippen LogP contribution is -2.19. The van der Waals surface area contributed by atoms with E-state index in [2.05, 4.69) is 5.32 Å². The molecule has 1 atom stereocenters. The van der Waals surface area contributed by atoms with Crippen LogP contribution < -0.4 is 5.32 Å². The minimum atomic E-state index is -1.15. The van der Waals surface area contributed by atoms with Gasteiger partial charge in [0.25, 0.3) is 0 Å². The molecule has 0 amide bonds. The van der Waals surface area contributed by atoms with Crippen molar-refractivity contribution in [3.8, 4) is 0 Å². The van der Waals surface area contributed by atoms with Crippen LogP contribution in [0.3, 0.4) is 0 Å². The van der Waals surface area contributed by atoms with Crippen LogP contribution in [0.1, 0.15) is 17.2 Å². The quantitative estimate of drug-likeness (QED) is 0.777. The maximum absolute atomic E-state index is 13.3. The van der Waals surface area contributed by atoms with Crippen molar-refractivity contribution < 1.29 is 13.9 Å². The van der Waals surface area contributed by atoms with Crippen molar-refractivity contribution in [2.45, 2.75) is 13.0 Å². The summed E-state index contributed by atoms with van der Waals surface area (Å²) in [4.78, 5) is 0. The number of nitrogens with one attached hydrogen (secondary N) is 1. The van der Waals surface area contributed by atoms with Gasteiger partial charge in [0.2, 0.25) is 0 Å². The second-order valence-electron chi connectivity index (χ2n) is 3.22. The van der Waals surface area contributed by atoms with Gasteiger partial charge in [-0.15, -0.1) is 0 Å². The van der Waals surface area contributed by atoms with Crippen LogP contribution in [-0.2, 0) is 0 Å². The van der Waals surface area contributed by atoms with Crippen LogP contribution in [0.5, 0.6) is 0 Å². The molecule has 14 heavy (non-hydrogen) atoms. The second kappa shape index (κ2) is 4.48. The Labute approximate surface area is 81.6 Å². The first-order valence-electron chi connectivity index (χ1n) is 4.34. The third kappa shape index (κ3) is 2.27. The highest BCUT2D eigenvalue weighted by molar-refractivity contribution is 5.27. The molecular formula is C10H13F2NO. The van der Waals surface area contributed by atoms with E-state index in [9.17, 15) is 13.9 Å². The summed E-state index contributed by atoms with van der Waals surface area (Å²) in [7, 11) is 1.60. The van der Waals surface area contributed by atoms with Gasteiger partial charge in [0.05, 0.1) is 11.7 Å². The van der Waals surface area contributed by atoms with Crippen molar-refractivity contribution in [2.75, 3.05) is 13.6 Å². The molecule has 1 rings (SSSR count). The van der Waals surface area contributed by atoms with Crippen LogP contribution in [-0.4, -0.2) is 18.7 Å². The molecule has 1 unspecified atom stereocenters. The van der Waals surface area contributed by atoms with Gasteiger partial charge in [0.15, 0.2) is 0 Å². The normalized spacial score (nSPS) is 12.9. The van der Waals surface area contributed by atoms with Crippen LogP contribution in [0.4, 0.5) is 8.78 Å². The second-order valence-corrected chi connectivity index (χ2v) is 3.22. The van der Waals surface area contributed by atoms with Crippen LogP contribution in [0.2, 0.25) is 0 Å². The number of benzene rings is 1. The zero-order valence-electron chi connectivity index (χ0n) is 8.14. The molecule has 0 saturated heterocycles. The van der Waals surface area contributed by atoms with Gasteiger partial charge in [0, 0.05) is 6.54 Å². The first-order chi connectivity index (χ1) is 6.56. The summed E-state index contributed by atoms with van der Waals surface area (Å²) in [6.07, 6.45) is -1.15. The van der Waals surface area contributed by atoms with Gasteiger partial charge < -0.3 is 10.4 Å². The van der Waals surface area contributed by atoms with Crippen LogP contribution in [0.25, 0.3) is 0 Å². The Hall–Kier alpha value is -1.00. The molecule has 1 aromatic carbocycles. The van der Waals surface area contributed by atoms with Gasteiger partial charge in [-0.05, 0) is 31.7 Å². The average molecular weight is 201 g/mol. The van der Waals surface area contributed by atoms with Crippen LogP contribution in [0, 0.1) is 18.6 Å². The molecular weight excluding hydrogens is 188 g/mol. The molecule has 78 valence electrons. The highest BCUT2D eigenvalue weighted by Gasteiger charge is 2.17. The van der Waals surface area contributed by atoms with E-state index >= 15 is 0 Å². The topological polar surface area (TPSA) is 32.3 Å². The van der Waals surface area contributed by atoms with Crippen molar-refractivity contribution in [1.29, 1.82) is 0 Å². The number of halogens is 2. The van der Waals surface area contributed by atoms with Crippen molar-refractivity contribution in [2.24, 2.45) is 0 Å². The standard InChI is InChI=1S/C10H13F2NO/c1-6-3-7(11)10(8(12)4-6)9(14)5-13-2/h3-4,9,13-14H,5H2,1-2H3. The number of aliphatic hydroxyl groups excluding tert-OH is 1. The van der Waals surface area contributed by atoms with E-state index in [1.54, 1.807) is 14.0 Å². The molecule has 0 aliphatic rings. The van der Waals surface area contributed by atoms with Gasteiger partial charge >= 0.3 is 0 Å². The summed E-state index contributed by atoms with van der Waals surface area (Å²) < 4.78 is 26.5. The van der Waals surface area contributed by atoms with E-state index < -0.39 is 17.7 Å². The van der Waals surface area contributed by atoms with Crippen molar-refractivity contribution in [1.82, 2.24) is 5.32 Å². The Morgan fingerprint density at radius 3 is 2.29 bits per heavy atom. The molecule has 0 bridgehead atoms. The molecule has 0 aromatic heterocycles. The minimum Gasteiger partial charge on any atom is -0.387 e. The van der Waals surface area contributed by atoms with Gasteiger partial charge in [-0.25, -0.2) is 8.78 Å². The summed E-state index contributed by atoms with van der Waals surface area (Å²) in [6, 6.07) is 2.41. The number of rotatable bonds is 3. The predicted molar refractivity (Wildman–Crippen MR) is 50.0 cm³/mol. The fraction of sp³-hybridized carbons (Fsp3) is 0.400. The van der Waals surface area contributed by atoms with E-state index in [4.69, 9.17) is 0 Å². The Bertz CT molecular complexity index is 305. The molecule has 4 heteroatoms. The predicted octanol–water partition coefficient (Wildman–Crippen LogP) is 1.53. The van der Waals surface area contributed by atoms with Crippen LogP contribution in [0.15, 0.2) is 12.1 Å². The number of hydrogen-bond donors (Lipinski definition) is 2. The molecule has 2 nitrogen and oxygen atoms in total. The monoisotopic (exact) mass is 201 g/mol. The molecule has 0 saturated carbocycles. The van der Waals surface area contributed by atoms with Crippen LogP contribution >= 0.6 is 0 Å². The summed E-state index contributed by atoms with van der Waals surface area (Å²) >= 11 is 0. The van der Waals surface area contributed by atoms with Gasteiger partial charge in [-0.3, -0.25) is 0 Å². The summed E-state index contributed by atoms with van der Waals surface area (Å²) in [5, 5.41) is 12.1. The fourth-order valence-electron chi connectivity index (χ4n) is 1.32. The zero-order chi connectivity index (χ0) is 10.7. The van der Waals surface area contributed by atoms with Crippen molar-refractivity contribution in [3.63, 3.8) is 0 Å². The summed E-state index contributed by atoms with van der Waals surface area (Å²) in [5.41, 5.74) is 0.227. The largest absolute Gasteiger partial charge is 0.387 e. The SMILES string of the molecule is CNCC(O)c1c(F)cc(C)cc1F. The van der Waals surface area contributed by atoms with Crippen molar-refractivity contribution in [3.05, 3.63) is 34.9 Å². The molecule has 1 aromatic rings. The molecule has 0 aliphatic heterocycles. The Morgan fingerprint density at radius 1 is 1.36 bits per heavy atom. The third-order valence-corrected chi connectivity index (χ3v) is 1.95. The Balaban J connectivity index is 3.07. The van der Waals surface area contributed by atoms with E-state index in [0.717, 1.165) is 0 Å². The average Bonchev–Trinajstić information content (AvgIpc) is 2.01. The lowest BCUT2D eigenvalue weighted by Gasteiger charge is -2.12. The number of aryl methyl sites for hydroxylation is 1. The minimum absolute atomic E-state index is 0.122. The Kier molecular flexibility index (Phi) is 3.55. The lowest BCUT2D eigenvalue weighted by molar-refractivity contribution is 0.168. The molecule has 0 fully saturated rings. The molecule has 2 N–H and O–H groups in total. The van der Waals surface area contributed by atoms with E-state index in [1.165, 1.54) is 12.1 Å². The maximum atomic E-state index is 13.3. The smallest absolute Gasteiger partial charge is 0.132 e.